The van der Waals surface area contributed by atoms with Crippen molar-refractivity contribution in [1.82, 2.24) is 15.0 Å². The van der Waals surface area contributed by atoms with Gasteiger partial charge in [-0.2, -0.15) is 0 Å². The maximum Gasteiger partial charge on any atom is 0.241 e. The molecule has 3 aromatic rings. The largest absolute Gasteiger partial charge is 0.437 e. The third kappa shape index (κ3) is 4.41. The molecule has 6 heteroatoms. The number of hydrogen-bond donors (Lipinski definition) is 2. The van der Waals surface area contributed by atoms with E-state index in [-0.39, 0.29) is 12.0 Å². The van der Waals surface area contributed by atoms with Gasteiger partial charge in [-0.05, 0) is 55.7 Å². The van der Waals surface area contributed by atoms with Crippen molar-refractivity contribution in [2.24, 2.45) is 0 Å². The third-order valence-electron chi connectivity index (χ3n) is 4.73. The van der Waals surface area contributed by atoms with Crippen molar-refractivity contribution < 1.29 is 9.84 Å². The molecule has 2 aromatic heterocycles. The molecule has 0 spiro atoms. The Morgan fingerprint density at radius 3 is 2.56 bits per heavy atom. The fourth-order valence-electron chi connectivity index (χ4n) is 3.41. The topological polar surface area (TPSA) is 80.2 Å². The number of rotatable bonds is 5. The van der Waals surface area contributed by atoms with Crippen LogP contribution in [0, 0.1) is 0 Å². The van der Waals surface area contributed by atoms with Crippen LogP contribution >= 0.6 is 0 Å². The molecule has 4 rings (SSSR count). The van der Waals surface area contributed by atoms with Crippen molar-refractivity contribution in [3.8, 4) is 11.6 Å². The molecule has 1 aliphatic rings. The fourth-order valence-corrected chi connectivity index (χ4v) is 3.41. The summed E-state index contributed by atoms with van der Waals surface area (Å²) >= 11 is 0. The summed E-state index contributed by atoms with van der Waals surface area (Å²) in [6.07, 6.45) is 8.36. The zero-order valence-corrected chi connectivity index (χ0v) is 15.0. The number of hydrogen-bond acceptors (Lipinski definition) is 6. The van der Waals surface area contributed by atoms with Crippen LogP contribution < -0.4 is 10.1 Å². The minimum absolute atomic E-state index is 0.183. The molecule has 1 fully saturated rings. The van der Waals surface area contributed by atoms with E-state index in [2.05, 4.69) is 20.3 Å². The number of nitrogens with one attached hydrogen (secondary N) is 1. The van der Waals surface area contributed by atoms with E-state index in [9.17, 15) is 5.11 Å². The minimum Gasteiger partial charge on any atom is -0.437 e. The number of benzene rings is 1. The Hall–Kier alpha value is -2.99. The van der Waals surface area contributed by atoms with Gasteiger partial charge in [-0.15, -0.1) is 0 Å². The Balaban J connectivity index is 1.48. The van der Waals surface area contributed by atoms with Gasteiger partial charge < -0.3 is 15.2 Å². The van der Waals surface area contributed by atoms with Crippen molar-refractivity contribution in [1.29, 1.82) is 0 Å². The normalized spacial score (nSPS) is 19.4. The lowest BCUT2D eigenvalue weighted by Gasteiger charge is -2.26. The Labute approximate surface area is 158 Å². The summed E-state index contributed by atoms with van der Waals surface area (Å²) in [7, 11) is 0. The molecule has 2 atom stereocenters. The summed E-state index contributed by atoms with van der Waals surface area (Å²) in [6.45, 7) is 0. The van der Waals surface area contributed by atoms with E-state index in [1.54, 1.807) is 18.6 Å². The average molecular weight is 362 g/mol. The van der Waals surface area contributed by atoms with Gasteiger partial charge in [0.15, 0.2) is 0 Å². The van der Waals surface area contributed by atoms with E-state index >= 15 is 0 Å². The lowest BCUT2D eigenvalue weighted by Crippen LogP contribution is -2.19. The number of pyridine rings is 1. The van der Waals surface area contributed by atoms with Crippen LogP contribution in [-0.4, -0.2) is 26.2 Å². The summed E-state index contributed by atoms with van der Waals surface area (Å²) in [5.41, 5.74) is 1.75. The van der Waals surface area contributed by atoms with Crippen LogP contribution in [0.4, 0.5) is 11.5 Å². The van der Waals surface area contributed by atoms with Crippen molar-refractivity contribution >= 4 is 11.5 Å². The van der Waals surface area contributed by atoms with Gasteiger partial charge >= 0.3 is 0 Å². The molecule has 138 valence electrons. The predicted octanol–water partition coefficient (Wildman–Crippen LogP) is 4.43. The Morgan fingerprint density at radius 2 is 1.78 bits per heavy atom. The lowest BCUT2D eigenvalue weighted by atomic mass is 9.85. The van der Waals surface area contributed by atoms with Crippen molar-refractivity contribution in [2.75, 3.05) is 5.32 Å². The third-order valence-corrected chi connectivity index (χ3v) is 4.73. The molecule has 0 aliphatic heterocycles. The van der Waals surface area contributed by atoms with Gasteiger partial charge in [-0.25, -0.2) is 9.97 Å². The van der Waals surface area contributed by atoms with Crippen molar-refractivity contribution in [2.45, 2.75) is 37.7 Å². The molecule has 0 saturated heterocycles. The first kappa shape index (κ1) is 17.4. The second-order valence-corrected chi connectivity index (χ2v) is 6.73. The number of aromatic nitrogens is 3. The van der Waals surface area contributed by atoms with E-state index in [4.69, 9.17) is 4.74 Å². The van der Waals surface area contributed by atoms with Crippen LogP contribution in [0.15, 0.2) is 61.1 Å². The predicted molar refractivity (Wildman–Crippen MR) is 103 cm³/mol. The second-order valence-electron chi connectivity index (χ2n) is 6.73. The average Bonchev–Trinajstić information content (AvgIpc) is 2.71. The van der Waals surface area contributed by atoms with E-state index < -0.39 is 0 Å². The smallest absolute Gasteiger partial charge is 0.241 e. The van der Waals surface area contributed by atoms with Crippen LogP contribution in [0.1, 0.15) is 37.3 Å². The SMILES string of the molecule is O[C@H]1CCC[C@H](c2nccnc2Oc2ccc(Nc3ccccn3)cc2)C1. The Morgan fingerprint density at radius 1 is 0.926 bits per heavy atom. The Kier molecular flexibility index (Phi) is 5.25. The van der Waals surface area contributed by atoms with Crippen LogP contribution in [0.25, 0.3) is 0 Å². The van der Waals surface area contributed by atoms with Crippen molar-refractivity contribution in [3.63, 3.8) is 0 Å². The van der Waals surface area contributed by atoms with Gasteiger partial charge in [0.25, 0.3) is 0 Å². The molecule has 1 saturated carbocycles. The zero-order valence-electron chi connectivity index (χ0n) is 15.0. The summed E-state index contributed by atoms with van der Waals surface area (Å²) in [6, 6.07) is 13.4. The highest BCUT2D eigenvalue weighted by molar-refractivity contribution is 5.57. The van der Waals surface area contributed by atoms with Crippen molar-refractivity contribution in [3.05, 3.63) is 66.7 Å². The highest BCUT2D eigenvalue weighted by Gasteiger charge is 2.26. The fraction of sp³-hybridized carbons (Fsp3) is 0.286. The molecular formula is C21H22N4O2. The number of anilines is 2. The van der Waals surface area contributed by atoms with Gasteiger partial charge in [0.05, 0.1) is 6.10 Å². The monoisotopic (exact) mass is 362 g/mol. The van der Waals surface area contributed by atoms with E-state index in [0.717, 1.165) is 36.5 Å². The number of ether oxygens (including phenoxy) is 1. The van der Waals surface area contributed by atoms with Gasteiger partial charge in [0.1, 0.15) is 17.3 Å². The molecule has 2 heterocycles. The van der Waals surface area contributed by atoms with Crippen LogP contribution in [0.3, 0.4) is 0 Å². The second kappa shape index (κ2) is 8.14. The van der Waals surface area contributed by atoms with E-state index in [1.807, 2.05) is 42.5 Å². The summed E-state index contributed by atoms with van der Waals surface area (Å²) < 4.78 is 6.00. The molecular weight excluding hydrogens is 340 g/mol. The molecule has 0 radical (unpaired) electrons. The van der Waals surface area contributed by atoms with Gasteiger partial charge in [-0.3, -0.25) is 4.98 Å². The minimum atomic E-state index is -0.268. The number of aliphatic hydroxyl groups is 1. The first-order chi connectivity index (χ1) is 13.3. The maximum atomic E-state index is 9.97. The van der Waals surface area contributed by atoms with Gasteiger partial charge in [0.2, 0.25) is 5.88 Å². The molecule has 0 bridgehead atoms. The van der Waals surface area contributed by atoms with Crippen LogP contribution in [0.5, 0.6) is 11.6 Å². The molecule has 6 nitrogen and oxygen atoms in total. The van der Waals surface area contributed by atoms with Gasteiger partial charge in [-0.1, -0.05) is 12.5 Å². The molecule has 2 N–H and O–H groups in total. The lowest BCUT2D eigenvalue weighted by molar-refractivity contribution is 0.118. The highest BCUT2D eigenvalue weighted by Crippen LogP contribution is 2.36. The summed E-state index contributed by atoms with van der Waals surface area (Å²) in [4.78, 5) is 13.1. The molecule has 0 unspecified atom stereocenters. The van der Waals surface area contributed by atoms with Crippen LogP contribution in [0.2, 0.25) is 0 Å². The molecule has 27 heavy (non-hydrogen) atoms. The van der Waals surface area contributed by atoms with E-state index in [0.29, 0.717) is 18.1 Å². The van der Waals surface area contributed by atoms with E-state index in [1.165, 1.54) is 0 Å². The Bertz CT molecular complexity index is 871. The molecule has 1 aliphatic carbocycles. The van der Waals surface area contributed by atoms with Crippen LogP contribution in [-0.2, 0) is 0 Å². The zero-order chi connectivity index (χ0) is 18.5. The number of aliphatic hydroxyl groups excluding tert-OH is 1. The number of nitrogens with zero attached hydrogens (tertiary/aromatic N) is 3. The summed E-state index contributed by atoms with van der Waals surface area (Å²) in [5.74, 6) is 2.18. The summed E-state index contributed by atoms with van der Waals surface area (Å²) in [5, 5.41) is 13.2. The maximum absolute atomic E-state index is 9.97. The standard InChI is InChI=1S/C21H22N4O2/c26-17-5-3-4-15(14-17)20-21(24-13-12-23-20)27-18-9-7-16(8-10-18)25-19-6-1-2-11-22-19/h1-2,6-13,15,17,26H,3-5,14H2,(H,22,25)/t15-,17-/m0/s1. The molecule has 0 amide bonds. The molecule has 1 aromatic carbocycles. The van der Waals surface area contributed by atoms with Gasteiger partial charge in [0, 0.05) is 30.2 Å². The first-order valence-corrected chi connectivity index (χ1v) is 9.23. The highest BCUT2D eigenvalue weighted by atomic mass is 16.5. The first-order valence-electron chi connectivity index (χ1n) is 9.23. The quantitative estimate of drug-likeness (QED) is 0.699.